The van der Waals surface area contributed by atoms with E-state index < -0.39 is 28.0 Å². The third-order valence-corrected chi connectivity index (χ3v) is 8.84. The van der Waals surface area contributed by atoms with Gasteiger partial charge >= 0.3 is 6.09 Å². The Hall–Kier alpha value is -3.34. The van der Waals surface area contributed by atoms with E-state index in [0.717, 1.165) is 35.7 Å². The van der Waals surface area contributed by atoms with Gasteiger partial charge in [-0.05, 0) is 80.0 Å². The summed E-state index contributed by atoms with van der Waals surface area (Å²) < 4.78 is 53.2. The van der Waals surface area contributed by atoms with Gasteiger partial charge in [-0.2, -0.15) is 0 Å². The van der Waals surface area contributed by atoms with E-state index in [1.165, 1.54) is 31.5 Å². The maximum atomic E-state index is 13.5. The first-order valence-electron chi connectivity index (χ1n) is 12.0. The number of halogens is 1. The van der Waals surface area contributed by atoms with Crippen LogP contribution < -0.4 is 19.7 Å². The van der Waals surface area contributed by atoms with Gasteiger partial charge in [-0.25, -0.2) is 17.6 Å². The van der Waals surface area contributed by atoms with Gasteiger partial charge < -0.3 is 14.8 Å². The first kappa shape index (κ1) is 24.4. The molecule has 2 aromatic carbocycles. The number of carbonyl (C=O) groups excluding carboxylic acids is 2. The number of carbonyl (C=O) groups is 2. The number of rotatable bonds is 6. The lowest BCUT2D eigenvalue weighted by molar-refractivity contribution is -0.119. The van der Waals surface area contributed by atoms with Crippen LogP contribution in [-0.2, 0) is 19.6 Å². The molecule has 0 radical (unpaired) electrons. The molecule has 1 heterocycles. The van der Waals surface area contributed by atoms with Crippen molar-refractivity contribution in [3.63, 3.8) is 0 Å². The zero-order valence-electron chi connectivity index (χ0n) is 19.8. The Bertz CT molecular complexity index is 1270. The van der Waals surface area contributed by atoms with Crippen molar-refractivity contribution in [1.82, 2.24) is 5.32 Å². The summed E-state index contributed by atoms with van der Waals surface area (Å²) in [6.07, 6.45) is 2.93. The van der Waals surface area contributed by atoms with E-state index in [0.29, 0.717) is 17.5 Å². The molecule has 0 spiro atoms. The molecule has 11 heteroatoms. The number of anilines is 2. The number of sulfonamides is 1. The Kier molecular flexibility index (Phi) is 6.50. The van der Waals surface area contributed by atoms with Gasteiger partial charge in [-0.3, -0.25) is 14.4 Å². The van der Waals surface area contributed by atoms with Crippen LogP contribution in [0, 0.1) is 17.7 Å². The molecule has 192 valence electrons. The van der Waals surface area contributed by atoms with Crippen molar-refractivity contribution in [2.45, 2.75) is 49.7 Å². The van der Waals surface area contributed by atoms with Gasteiger partial charge in [-0.1, -0.05) is 0 Å². The summed E-state index contributed by atoms with van der Waals surface area (Å²) in [4.78, 5) is 23.9. The van der Waals surface area contributed by atoms with Crippen LogP contribution in [-0.4, -0.2) is 45.7 Å². The van der Waals surface area contributed by atoms with E-state index in [2.05, 4.69) is 10.6 Å². The molecule has 2 saturated carbocycles. The normalized spacial score (nSPS) is 24.6. The highest BCUT2D eigenvalue weighted by Crippen LogP contribution is 2.46. The minimum absolute atomic E-state index is 0.0883. The average molecular weight is 518 g/mol. The van der Waals surface area contributed by atoms with E-state index >= 15 is 0 Å². The Balaban J connectivity index is 1.39. The summed E-state index contributed by atoms with van der Waals surface area (Å²) in [6.45, 7) is 1.36. The van der Waals surface area contributed by atoms with Crippen molar-refractivity contribution in [2.24, 2.45) is 11.8 Å². The fourth-order valence-electron chi connectivity index (χ4n) is 5.33. The lowest BCUT2D eigenvalue weighted by atomic mass is 9.98. The number of fused-ring (bicyclic) bond motifs is 3. The number of hydrogen-bond acceptors (Lipinski definition) is 6. The van der Waals surface area contributed by atoms with Crippen molar-refractivity contribution < 1.29 is 31.9 Å². The van der Waals surface area contributed by atoms with Gasteiger partial charge in [0.2, 0.25) is 5.91 Å². The Labute approximate surface area is 209 Å². The standard InChI is InChI=1S/C25H28FN3O6S/c1-15(30)27-13-20-14-29(36(32,33)21-7-4-18(26)5-8-21)22-12-19(6-9-23(22)34-20)28-25(31)35-24-11-16-2-3-17(24)10-16/h4-9,12,16-17,20,24H,2-3,10-11,13-14H2,1H3,(H,27,30)(H,28,31). The summed E-state index contributed by atoms with van der Waals surface area (Å²) in [7, 11) is -4.10. The minimum Gasteiger partial charge on any atom is -0.484 e. The van der Waals surface area contributed by atoms with Crippen LogP contribution in [0.15, 0.2) is 47.4 Å². The van der Waals surface area contributed by atoms with Crippen LogP contribution >= 0.6 is 0 Å². The lowest BCUT2D eigenvalue weighted by Gasteiger charge is -2.35. The van der Waals surface area contributed by atoms with Crippen molar-refractivity contribution in [1.29, 1.82) is 0 Å². The zero-order valence-corrected chi connectivity index (χ0v) is 20.6. The third-order valence-electron chi connectivity index (χ3n) is 7.05. The molecular weight excluding hydrogens is 489 g/mol. The Morgan fingerprint density at radius 2 is 1.92 bits per heavy atom. The van der Waals surface area contributed by atoms with Crippen molar-refractivity contribution in [3.8, 4) is 5.75 Å². The van der Waals surface area contributed by atoms with Crippen molar-refractivity contribution >= 4 is 33.4 Å². The summed E-state index contributed by atoms with van der Waals surface area (Å²) in [6, 6.07) is 9.21. The van der Waals surface area contributed by atoms with Crippen LogP contribution in [0.1, 0.15) is 32.6 Å². The molecule has 36 heavy (non-hydrogen) atoms. The molecule has 0 aromatic heterocycles. The smallest absolute Gasteiger partial charge is 0.411 e. The second-order valence-electron chi connectivity index (χ2n) is 9.59. The van der Waals surface area contributed by atoms with Crippen LogP contribution in [0.25, 0.3) is 0 Å². The molecule has 1 aliphatic heterocycles. The van der Waals surface area contributed by atoms with Gasteiger partial charge in [0.25, 0.3) is 10.0 Å². The van der Waals surface area contributed by atoms with Crippen molar-refractivity contribution in [3.05, 3.63) is 48.3 Å². The SMILES string of the molecule is CC(=O)NCC1CN(S(=O)(=O)c2ccc(F)cc2)c2cc(NC(=O)OC3CC4CCC3C4)ccc2O1. The fraction of sp³-hybridized carbons (Fsp3) is 0.440. The summed E-state index contributed by atoms with van der Waals surface area (Å²) >= 11 is 0. The van der Waals surface area contributed by atoms with Crippen LogP contribution in [0.5, 0.6) is 5.75 Å². The van der Waals surface area contributed by atoms with Gasteiger partial charge in [0.15, 0.2) is 0 Å². The van der Waals surface area contributed by atoms with Gasteiger partial charge in [-0.15, -0.1) is 0 Å². The predicted molar refractivity (Wildman–Crippen MR) is 130 cm³/mol. The molecule has 3 aliphatic rings. The van der Waals surface area contributed by atoms with E-state index in [-0.39, 0.29) is 41.4 Å². The molecule has 5 rings (SSSR count). The zero-order chi connectivity index (χ0) is 25.4. The number of ether oxygens (including phenoxy) is 2. The molecular formula is C25H28FN3O6S. The predicted octanol–water partition coefficient (Wildman–Crippen LogP) is 3.66. The maximum Gasteiger partial charge on any atom is 0.411 e. The highest BCUT2D eigenvalue weighted by Gasteiger charge is 2.42. The van der Waals surface area contributed by atoms with E-state index in [1.807, 2.05) is 0 Å². The number of nitrogens with zero attached hydrogens (tertiary/aromatic N) is 1. The molecule has 2 bridgehead atoms. The fourth-order valence-corrected chi connectivity index (χ4v) is 6.83. The monoisotopic (exact) mass is 517 g/mol. The molecule has 2 N–H and O–H groups in total. The van der Waals surface area contributed by atoms with Crippen LogP contribution in [0.4, 0.5) is 20.6 Å². The second-order valence-corrected chi connectivity index (χ2v) is 11.5. The first-order valence-corrected chi connectivity index (χ1v) is 13.4. The Morgan fingerprint density at radius 3 is 2.58 bits per heavy atom. The number of benzene rings is 2. The summed E-state index contributed by atoms with van der Waals surface area (Å²) in [5, 5.41) is 5.34. The molecule has 2 aromatic rings. The number of nitrogens with one attached hydrogen (secondary N) is 2. The van der Waals surface area contributed by atoms with Gasteiger partial charge in [0.05, 0.1) is 23.7 Å². The summed E-state index contributed by atoms with van der Waals surface area (Å²) in [5.74, 6) is 0.486. The molecule has 9 nitrogen and oxygen atoms in total. The minimum atomic E-state index is -4.10. The van der Waals surface area contributed by atoms with E-state index in [1.54, 1.807) is 12.1 Å². The molecule has 4 atom stereocenters. The largest absolute Gasteiger partial charge is 0.484 e. The highest BCUT2D eigenvalue weighted by atomic mass is 32.2. The third kappa shape index (κ3) is 4.97. The quantitative estimate of drug-likeness (QED) is 0.605. The van der Waals surface area contributed by atoms with Crippen molar-refractivity contribution in [2.75, 3.05) is 22.7 Å². The topological polar surface area (TPSA) is 114 Å². The first-order chi connectivity index (χ1) is 17.2. The molecule has 4 unspecified atom stereocenters. The van der Waals surface area contributed by atoms with Gasteiger partial charge in [0, 0.05) is 12.6 Å². The lowest BCUT2D eigenvalue weighted by Crippen LogP contribution is -2.48. The maximum absolute atomic E-state index is 13.5. The number of amides is 2. The summed E-state index contributed by atoms with van der Waals surface area (Å²) in [5.41, 5.74) is 0.571. The van der Waals surface area contributed by atoms with Crippen LogP contribution in [0.3, 0.4) is 0 Å². The second kappa shape index (κ2) is 9.61. The van der Waals surface area contributed by atoms with Crippen LogP contribution in [0.2, 0.25) is 0 Å². The Morgan fingerprint density at radius 1 is 1.14 bits per heavy atom. The molecule has 2 aliphatic carbocycles. The molecule has 2 amide bonds. The highest BCUT2D eigenvalue weighted by molar-refractivity contribution is 7.92. The molecule has 2 fully saturated rings. The number of hydrogen-bond donors (Lipinski definition) is 2. The van der Waals surface area contributed by atoms with Gasteiger partial charge in [0.1, 0.15) is 23.8 Å². The molecule has 0 saturated heterocycles. The van der Waals surface area contributed by atoms with E-state index in [4.69, 9.17) is 9.47 Å². The van der Waals surface area contributed by atoms with E-state index in [9.17, 15) is 22.4 Å². The average Bonchev–Trinajstić information content (AvgIpc) is 3.46.